The lowest BCUT2D eigenvalue weighted by molar-refractivity contribution is -0.385. The van der Waals surface area contributed by atoms with Gasteiger partial charge in [0, 0.05) is 22.5 Å². The molecular weight excluding hydrogens is 528 g/mol. The Labute approximate surface area is 216 Å². The Balaban J connectivity index is 1.45. The fraction of sp³-hybridized carbons (Fsp3) is 0.0435. The number of carboxylic acids is 1. The Hall–Kier alpha value is -4.00. The summed E-state index contributed by atoms with van der Waals surface area (Å²) in [6.45, 7) is 0. The Kier molecular flexibility index (Phi) is 7.48. The van der Waals surface area contributed by atoms with Crippen molar-refractivity contribution >= 4 is 79.8 Å². The van der Waals surface area contributed by atoms with Gasteiger partial charge in [-0.25, -0.2) is 9.78 Å². The molecule has 4 aromatic rings. The molecule has 0 aliphatic carbocycles. The number of amides is 2. The van der Waals surface area contributed by atoms with E-state index in [9.17, 15) is 29.6 Å². The monoisotopic (exact) mass is 542 g/mol. The molecule has 0 aliphatic rings. The van der Waals surface area contributed by atoms with Crippen molar-refractivity contribution < 1.29 is 24.4 Å². The van der Waals surface area contributed by atoms with E-state index in [1.54, 1.807) is 42.5 Å². The first kappa shape index (κ1) is 25.1. The third-order valence-corrected chi connectivity index (χ3v) is 7.19. The molecule has 182 valence electrons. The Morgan fingerprint density at radius 3 is 2.47 bits per heavy atom. The summed E-state index contributed by atoms with van der Waals surface area (Å²) < 4.78 is 1.37. The summed E-state index contributed by atoms with van der Waals surface area (Å²) in [4.78, 5) is 51.3. The number of rotatable bonds is 8. The van der Waals surface area contributed by atoms with E-state index in [0.29, 0.717) is 26.3 Å². The predicted octanol–water partition coefficient (Wildman–Crippen LogP) is 5.54. The first-order valence-corrected chi connectivity index (χ1v) is 12.3. The van der Waals surface area contributed by atoms with Gasteiger partial charge >= 0.3 is 5.97 Å². The van der Waals surface area contributed by atoms with Crippen LogP contribution >= 0.6 is 34.7 Å². The van der Waals surface area contributed by atoms with E-state index in [4.69, 9.17) is 11.6 Å². The Morgan fingerprint density at radius 2 is 1.78 bits per heavy atom. The molecule has 36 heavy (non-hydrogen) atoms. The molecule has 0 fully saturated rings. The van der Waals surface area contributed by atoms with E-state index in [2.05, 4.69) is 15.6 Å². The highest BCUT2D eigenvalue weighted by Gasteiger charge is 2.27. The highest BCUT2D eigenvalue weighted by Crippen LogP contribution is 2.32. The van der Waals surface area contributed by atoms with Crippen LogP contribution in [0.5, 0.6) is 0 Å². The number of carbonyl (C=O) groups is 3. The number of hydrogen-bond acceptors (Lipinski definition) is 8. The van der Waals surface area contributed by atoms with Gasteiger partial charge < -0.3 is 15.7 Å². The highest BCUT2D eigenvalue weighted by atomic mass is 35.5. The molecule has 0 aliphatic heterocycles. The normalized spacial score (nSPS) is 10.7. The second-order valence-electron chi connectivity index (χ2n) is 7.22. The Bertz CT molecular complexity index is 1510. The number of carboxylic acid groups (broad SMARTS) is 1. The quantitative estimate of drug-likeness (QED) is 0.149. The van der Waals surface area contributed by atoms with Crippen LogP contribution in [0.1, 0.15) is 20.7 Å². The number of nitrogens with one attached hydrogen (secondary N) is 2. The van der Waals surface area contributed by atoms with Gasteiger partial charge in [0.15, 0.2) is 4.34 Å². The number of nitro benzene ring substituents is 1. The maximum atomic E-state index is 12.7. The summed E-state index contributed by atoms with van der Waals surface area (Å²) in [5.41, 5.74) is -0.0472. The zero-order valence-corrected chi connectivity index (χ0v) is 20.4. The summed E-state index contributed by atoms with van der Waals surface area (Å²) in [6.07, 6.45) is 0. The topological polar surface area (TPSA) is 152 Å². The van der Waals surface area contributed by atoms with E-state index in [-0.39, 0.29) is 17.2 Å². The summed E-state index contributed by atoms with van der Waals surface area (Å²) in [5.74, 6) is -2.45. The van der Waals surface area contributed by atoms with Gasteiger partial charge in [-0.05, 0) is 48.5 Å². The Morgan fingerprint density at radius 1 is 1.06 bits per heavy atom. The average Bonchev–Trinajstić information content (AvgIpc) is 3.26. The van der Waals surface area contributed by atoms with Gasteiger partial charge in [0.05, 0.1) is 26.5 Å². The van der Waals surface area contributed by atoms with Crippen molar-refractivity contribution in [1.29, 1.82) is 0 Å². The highest BCUT2D eigenvalue weighted by molar-refractivity contribution is 8.01. The van der Waals surface area contributed by atoms with E-state index in [1.807, 2.05) is 0 Å². The minimum Gasteiger partial charge on any atom is -0.477 e. The lowest BCUT2D eigenvalue weighted by Gasteiger charge is -2.08. The molecule has 0 unspecified atom stereocenters. The number of nitrogens with zero attached hydrogens (tertiary/aromatic N) is 2. The SMILES string of the molecule is O=C(CSc1nc2ccc(NC(=O)c3cccc([N+](=O)[O-])c3C(=O)O)cc2s1)Nc1ccc(Cl)cc1. The van der Waals surface area contributed by atoms with Gasteiger partial charge in [-0.15, -0.1) is 11.3 Å². The molecule has 10 nitrogen and oxygen atoms in total. The molecule has 0 saturated heterocycles. The number of aromatic nitrogens is 1. The molecule has 2 amide bonds. The number of aromatic carboxylic acids is 1. The molecule has 13 heteroatoms. The van der Waals surface area contributed by atoms with Gasteiger partial charge in [-0.3, -0.25) is 19.7 Å². The van der Waals surface area contributed by atoms with Crippen molar-refractivity contribution in [1.82, 2.24) is 4.98 Å². The number of anilines is 2. The average molecular weight is 543 g/mol. The van der Waals surface area contributed by atoms with Crippen molar-refractivity contribution in [2.24, 2.45) is 0 Å². The third kappa shape index (κ3) is 5.79. The number of fused-ring (bicyclic) bond motifs is 1. The van der Waals surface area contributed by atoms with E-state index in [1.165, 1.54) is 35.2 Å². The van der Waals surface area contributed by atoms with E-state index in [0.717, 1.165) is 10.8 Å². The maximum absolute atomic E-state index is 12.7. The first-order valence-electron chi connectivity index (χ1n) is 10.1. The molecule has 0 radical (unpaired) electrons. The van der Waals surface area contributed by atoms with Gasteiger partial charge in [-0.1, -0.05) is 29.4 Å². The zero-order valence-electron chi connectivity index (χ0n) is 18.1. The standard InChI is InChI=1S/C23H15ClN4O6S2/c24-12-4-6-13(7-5-12)25-19(29)11-35-23-27-16-9-8-14(10-18(16)36-23)26-21(30)15-2-1-3-17(28(33)34)20(15)22(31)32/h1-10H,11H2,(H,25,29)(H,26,30)(H,31,32). The fourth-order valence-corrected chi connectivity index (χ4v) is 5.24. The summed E-state index contributed by atoms with van der Waals surface area (Å²) in [6, 6.07) is 15.1. The number of thioether (sulfide) groups is 1. The van der Waals surface area contributed by atoms with Crippen molar-refractivity contribution in [2.75, 3.05) is 16.4 Å². The second kappa shape index (κ2) is 10.7. The zero-order chi connectivity index (χ0) is 25.8. The van der Waals surface area contributed by atoms with Crippen LogP contribution in [-0.2, 0) is 4.79 Å². The summed E-state index contributed by atoms with van der Waals surface area (Å²) in [7, 11) is 0. The van der Waals surface area contributed by atoms with Crippen molar-refractivity contribution in [3.8, 4) is 0 Å². The largest absolute Gasteiger partial charge is 0.477 e. The minimum absolute atomic E-state index is 0.136. The lowest BCUT2D eigenvalue weighted by atomic mass is 10.0. The van der Waals surface area contributed by atoms with Crippen LogP contribution in [0.4, 0.5) is 17.1 Å². The second-order valence-corrected chi connectivity index (χ2v) is 9.91. The number of benzene rings is 3. The van der Waals surface area contributed by atoms with Crippen molar-refractivity contribution in [3.05, 3.63) is 86.9 Å². The van der Waals surface area contributed by atoms with Gasteiger partial charge in [0.2, 0.25) is 5.91 Å². The summed E-state index contributed by atoms with van der Waals surface area (Å²) >= 11 is 8.41. The van der Waals surface area contributed by atoms with Crippen molar-refractivity contribution in [2.45, 2.75) is 4.34 Å². The molecule has 3 N–H and O–H groups in total. The van der Waals surface area contributed by atoms with Crippen LogP contribution < -0.4 is 10.6 Å². The maximum Gasteiger partial charge on any atom is 0.343 e. The van der Waals surface area contributed by atoms with E-state index >= 15 is 0 Å². The first-order chi connectivity index (χ1) is 17.2. The van der Waals surface area contributed by atoms with Crippen LogP contribution in [-0.4, -0.2) is 38.6 Å². The van der Waals surface area contributed by atoms with Crippen molar-refractivity contribution in [3.63, 3.8) is 0 Å². The molecular formula is C23H15ClN4O6S2. The van der Waals surface area contributed by atoms with Crippen LogP contribution in [0.3, 0.4) is 0 Å². The fourth-order valence-electron chi connectivity index (χ4n) is 3.21. The molecule has 3 aromatic carbocycles. The molecule has 0 spiro atoms. The van der Waals surface area contributed by atoms with Crippen LogP contribution in [0.2, 0.25) is 5.02 Å². The van der Waals surface area contributed by atoms with Crippen LogP contribution in [0, 0.1) is 10.1 Å². The number of thiazole rings is 1. The van der Waals surface area contributed by atoms with Crippen LogP contribution in [0.15, 0.2) is 65.0 Å². The molecule has 0 saturated carbocycles. The number of hydrogen-bond donors (Lipinski definition) is 3. The number of nitro groups is 1. The summed E-state index contributed by atoms with van der Waals surface area (Å²) in [5, 5.41) is 26.5. The minimum atomic E-state index is -1.58. The van der Waals surface area contributed by atoms with E-state index < -0.39 is 28.1 Å². The van der Waals surface area contributed by atoms with Gasteiger partial charge in [0.25, 0.3) is 11.6 Å². The lowest BCUT2D eigenvalue weighted by Crippen LogP contribution is -2.17. The molecule has 0 bridgehead atoms. The third-order valence-electron chi connectivity index (χ3n) is 4.78. The molecule has 1 aromatic heterocycles. The predicted molar refractivity (Wildman–Crippen MR) is 138 cm³/mol. The molecule has 4 rings (SSSR count). The van der Waals surface area contributed by atoms with Crippen LogP contribution in [0.25, 0.3) is 10.2 Å². The smallest absolute Gasteiger partial charge is 0.343 e. The number of carbonyl (C=O) groups excluding carboxylic acids is 2. The van der Waals surface area contributed by atoms with Gasteiger partial charge in [-0.2, -0.15) is 0 Å². The van der Waals surface area contributed by atoms with Gasteiger partial charge in [0.1, 0.15) is 5.56 Å². The molecule has 1 heterocycles. The number of halogens is 1. The molecule has 0 atom stereocenters.